The largest absolute Gasteiger partial charge is 0.398 e. The first kappa shape index (κ1) is 13.4. The van der Waals surface area contributed by atoms with Crippen molar-refractivity contribution < 1.29 is 8.42 Å². The number of hydrogen-bond acceptors (Lipinski definition) is 3. The lowest BCUT2D eigenvalue weighted by Gasteiger charge is -2.12. The SMILES string of the molecule is Cc1cccc(NS(=O)(=O)c2cccc(N)c2C)c1. The van der Waals surface area contributed by atoms with Gasteiger partial charge in [0.25, 0.3) is 10.0 Å². The molecule has 0 aliphatic rings. The van der Waals surface area contributed by atoms with Gasteiger partial charge in [-0.15, -0.1) is 0 Å². The van der Waals surface area contributed by atoms with Crippen LogP contribution in [0.25, 0.3) is 0 Å². The van der Waals surface area contributed by atoms with Crippen LogP contribution in [-0.2, 0) is 10.0 Å². The summed E-state index contributed by atoms with van der Waals surface area (Å²) < 4.78 is 27.2. The van der Waals surface area contributed by atoms with E-state index in [0.29, 0.717) is 16.9 Å². The number of hydrogen-bond donors (Lipinski definition) is 2. The maximum Gasteiger partial charge on any atom is 0.262 e. The van der Waals surface area contributed by atoms with E-state index in [1.54, 1.807) is 43.3 Å². The van der Waals surface area contributed by atoms with Crippen molar-refractivity contribution in [1.29, 1.82) is 0 Å². The predicted molar refractivity (Wildman–Crippen MR) is 77.6 cm³/mol. The Bertz CT molecular complexity index is 709. The molecule has 2 aromatic carbocycles. The van der Waals surface area contributed by atoms with E-state index in [9.17, 15) is 8.42 Å². The topological polar surface area (TPSA) is 72.2 Å². The smallest absolute Gasteiger partial charge is 0.262 e. The standard InChI is InChI=1S/C14H16N2O2S/c1-10-5-3-6-12(9-10)16-19(17,18)14-8-4-7-13(15)11(14)2/h3-9,16H,15H2,1-2H3. The van der Waals surface area contributed by atoms with Gasteiger partial charge in [0.05, 0.1) is 4.90 Å². The van der Waals surface area contributed by atoms with Crippen LogP contribution in [0, 0.1) is 13.8 Å². The highest BCUT2D eigenvalue weighted by molar-refractivity contribution is 7.92. The minimum absolute atomic E-state index is 0.203. The Kier molecular flexibility index (Phi) is 3.48. The molecule has 3 N–H and O–H groups in total. The summed E-state index contributed by atoms with van der Waals surface area (Å²) in [6.07, 6.45) is 0. The molecule has 0 heterocycles. The Morgan fingerprint density at radius 3 is 2.42 bits per heavy atom. The molecular weight excluding hydrogens is 260 g/mol. The van der Waals surface area contributed by atoms with Crippen LogP contribution in [-0.4, -0.2) is 8.42 Å². The summed E-state index contributed by atoms with van der Waals surface area (Å²) in [5.74, 6) is 0. The van der Waals surface area contributed by atoms with Crippen molar-refractivity contribution in [2.24, 2.45) is 0 Å². The van der Waals surface area contributed by atoms with Gasteiger partial charge in [-0.05, 0) is 49.2 Å². The molecule has 0 unspecified atom stereocenters. The third-order valence-electron chi connectivity index (χ3n) is 2.89. The molecule has 4 nitrogen and oxygen atoms in total. The van der Waals surface area contributed by atoms with Crippen LogP contribution in [0.15, 0.2) is 47.4 Å². The number of sulfonamides is 1. The summed E-state index contributed by atoms with van der Waals surface area (Å²) in [4.78, 5) is 0.203. The van der Waals surface area contributed by atoms with Crippen molar-refractivity contribution in [2.75, 3.05) is 10.5 Å². The lowest BCUT2D eigenvalue weighted by molar-refractivity contribution is 0.600. The van der Waals surface area contributed by atoms with Crippen molar-refractivity contribution in [3.8, 4) is 0 Å². The average molecular weight is 276 g/mol. The van der Waals surface area contributed by atoms with E-state index in [-0.39, 0.29) is 4.90 Å². The summed E-state index contributed by atoms with van der Waals surface area (Å²) in [6, 6.07) is 12.1. The van der Waals surface area contributed by atoms with E-state index in [0.717, 1.165) is 5.56 Å². The van der Waals surface area contributed by atoms with Crippen molar-refractivity contribution in [1.82, 2.24) is 0 Å². The number of aryl methyl sites for hydroxylation is 1. The molecule has 0 aliphatic carbocycles. The first-order valence-corrected chi connectivity index (χ1v) is 7.33. The van der Waals surface area contributed by atoms with Crippen LogP contribution in [0.4, 0.5) is 11.4 Å². The molecule has 0 atom stereocenters. The maximum absolute atomic E-state index is 12.3. The molecule has 0 radical (unpaired) electrons. The summed E-state index contributed by atoms with van der Waals surface area (Å²) in [7, 11) is -3.61. The number of anilines is 2. The molecule has 0 amide bonds. The molecule has 19 heavy (non-hydrogen) atoms. The molecule has 0 saturated carbocycles. The Balaban J connectivity index is 2.41. The van der Waals surface area contributed by atoms with Gasteiger partial charge in [0.15, 0.2) is 0 Å². The molecule has 0 spiro atoms. The van der Waals surface area contributed by atoms with Gasteiger partial charge in [0, 0.05) is 11.4 Å². The third kappa shape index (κ3) is 2.88. The Labute approximate surface area is 113 Å². The summed E-state index contributed by atoms with van der Waals surface area (Å²) in [5, 5.41) is 0. The van der Waals surface area contributed by atoms with Gasteiger partial charge in [0.2, 0.25) is 0 Å². The molecule has 0 aromatic heterocycles. The fourth-order valence-corrected chi connectivity index (χ4v) is 3.17. The summed E-state index contributed by atoms with van der Waals surface area (Å²) >= 11 is 0. The monoisotopic (exact) mass is 276 g/mol. The second-order valence-electron chi connectivity index (χ2n) is 4.45. The molecule has 0 aliphatic heterocycles. The zero-order valence-corrected chi connectivity index (χ0v) is 11.7. The third-order valence-corrected chi connectivity index (χ3v) is 4.41. The summed E-state index contributed by atoms with van der Waals surface area (Å²) in [5.41, 5.74) is 8.30. The van der Waals surface area contributed by atoms with Crippen LogP contribution in [0.3, 0.4) is 0 Å². The molecule has 0 bridgehead atoms. The molecular formula is C14H16N2O2S. The Morgan fingerprint density at radius 2 is 1.74 bits per heavy atom. The van der Waals surface area contributed by atoms with Gasteiger partial charge in [-0.25, -0.2) is 8.42 Å². The second-order valence-corrected chi connectivity index (χ2v) is 6.10. The Morgan fingerprint density at radius 1 is 1.05 bits per heavy atom. The van der Waals surface area contributed by atoms with Gasteiger partial charge in [-0.3, -0.25) is 4.72 Å². The molecule has 2 aromatic rings. The number of rotatable bonds is 3. The van der Waals surface area contributed by atoms with Crippen molar-refractivity contribution >= 4 is 21.4 Å². The van der Waals surface area contributed by atoms with E-state index < -0.39 is 10.0 Å². The molecule has 5 heteroatoms. The van der Waals surface area contributed by atoms with E-state index in [4.69, 9.17) is 5.73 Å². The van der Waals surface area contributed by atoms with Crippen LogP contribution >= 0.6 is 0 Å². The van der Waals surface area contributed by atoms with Crippen LogP contribution in [0.1, 0.15) is 11.1 Å². The number of nitrogen functional groups attached to an aromatic ring is 1. The van der Waals surface area contributed by atoms with Crippen LogP contribution in [0.5, 0.6) is 0 Å². The van der Waals surface area contributed by atoms with E-state index in [1.165, 1.54) is 0 Å². The minimum atomic E-state index is -3.61. The molecule has 2 rings (SSSR count). The molecule has 100 valence electrons. The number of nitrogens with two attached hydrogens (primary N) is 1. The molecule has 0 fully saturated rings. The van der Waals surface area contributed by atoms with Crippen LogP contribution < -0.4 is 10.5 Å². The fourth-order valence-electron chi connectivity index (χ4n) is 1.84. The van der Waals surface area contributed by atoms with Gasteiger partial charge in [0.1, 0.15) is 0 Å². The second kappa shape index (κ2) is 4.93. The maximum atomic E-state index is 12.3. The zero-order valence-electron chi connectivity index (χ0n) is 10.8. The van der Waals surface area contributed by atoms with E-state index >= 15 is 0 Å². The highest BCUT2D eigenvalue weighted by Crippen LogP contribution is 2.23. The number of benzene rings is 2. The average Bonchev–Trinajstić information content (AvgIpc) is 2.32. The first-order chi connectivity index (χ1) is 8.90. The van der Waals surface area contributed by atoms with Crippen LogP contribution in [0.2, 0.25) is 0 Å². The van der Waals surface area contributed by atoms with Crippen molar-refractivity contribution in [3.63, 3.8) is 0 Å². The summed E-state index contributed by atoms with van der Waals surface area (Å²) in [6.45, 7) is 3.60. The van der Waals surface area contributed by atoms with Gasteiger partial charge in [-0.1, -0.05) is 18.2 Å². The zero-order chi connectivity index (χ0) is 14.0. The van der Waals surface area contributed by atoms with Crippen molar-refractivity contribution in [3.05, 3.63) is 53.6 Å². The lowest BCUT2D eigenvalue weighted by atomic mass is 10.2. The number of nitrogens with one attached hydrogen (secondary N) is 1. The van der Waals surface area contributed by atoms with Gasteiger partial charge >= 0.3 is 0 Å². The highest BCUT2D eigenvalue weighted by atomic mass is 32.2. The van der Waals surface area contributed by atoms with Gasteiger partial charge < -0.3 is 5.73 Å². The fraction of sp³-hybridized carbons (Fsp3) is 0.143. The lowest BCUT2D eigenvalue weighted by Crippen LogP contribution is -2.15. The highest BCUT2D eigenvalue weighted by Gasteiger charge is 2.17. The van der Waals surface area contributed by atoms with E-state index in [1.807, 2.05) is 13.0 Å². The van der Waals surface area contributed by atoms with Gasteiger partial charge in [-0.2, -0.15) is 0 Å². The molecule has 0 saturated heterocycles. The normalized spacial score (nSPS) is 11.3. The quantitative estimate of drug-likeness (QED) is 0.847. The van der Waals surface area contributed by atoms with E-state index in [2.05, 4.69) is 4.72 Å². The predicted octanol–water partition coefficient (Wildman–Crippen LogP) is 2.69. The minimum Gasteiger partial charge on any atom is -0.398 e. The van der Waals surface area contributed by atoms with Crippen molar-refractivity contribution in [2.45, 2.75) is 18.7 Å². The Hall–Kier alpha value is -2.01. The first-order valence-electron chi connectivity index (χ1n) is 5.85.